The number of carbonyl (C=O) groups excluding carboxylic acids is 1. The van der Waals surface area contributed by atoms with Gasteiger partial charge in [0.2, 0.25) is 0 Å². The molecular weight excluding hydrogens is 228 g/mol. The van der Waals surface area contributed by atoms with Crippen LogP contribution in [0.1, 0.15) is 16.8 Å². The molecule has 0 aliphatic carbocycles. The number of ketones is 1. The summed E-state index contributed by atoms with van der Waals surface area (Å²) in [5, 5.41) is 0. The van der Waals surface area contributed by atoms with Gasteiger partial charge in [-0.15, -0.1) is 0 Å². The lowest BCUT2D eigenvalue weighted by Gasteiger charge is -2.17. The van der Waals surface area contributed by atoms with E-state index < -0.39 is 0 Å². The molecule has 1 aliphatic rings. The van der Waals surface area contributed by atoms with E-state index in [2.05, 4.69) is 0 Å². The quantitative estimate of drug-likeness (QED) is 0.806. The first-order valence-corrected chi connectivity index (χ1v) is 5.86. The normalized spacial score (nSPS) is 13.7. The minimum atomic E-state index is 0.127. The fourth-order valence-corrected chi connectivity index (χ4v) is 1.93. The molecule has 0 atom stereocenters. The Morgan fingerprint density at radius 2 is 1.83 bits per heavy atom. The molecule has 1 heterocycles. The zero-order chi connectivity index (χ0) is 12.4. The van der Waals surface area contributed by atoms with Crippen molar-refractivity contribution in [2.24, 2.45) is 0 Å². The van der Waals surface area contributed by atoms with Crippen molar-refractivity contribution in [2.45, 2.75) is 6.42 Å². The van der Waals surface area contributed by atoms with Crippen LogP contribution in [0, 0.1) is 0 Å². The molecule has 2 aromatic carbocycles. The number of rotatable bonds is 2. The molecule has 0 saturated carbocycles. The lowest BCUT2D eigenvalue weighted by atomic mass is 10.1. The maximum Gasteiger partial charge on any atom is 0.169 e. The molecule has 0 spiro atoms. The van der Waals surface area contributed by atoms with Crippen LogP contribution < -0.4 is 9.47 Å². The third-order valence-corrected chi connectivity index (χ3v) is 2.82. The highest BCUT2D eigenvalue weighted by atomic mass is 16.5. The predicted octanol–water partition coefficient (Wildman–Crippen LogP) is 3.44. The molecule has 0 N–H and O–H groups in total. The molecule has 3 heteroatoms. The van der Waals surface area contributed by atoms with E-state index in [1.807, 2.05) is 30.3 Å². The lowest BCUT2D eigenvalue weighted by Crippen LogP contribution is -2.14. The lowest BCUT2D eigenvalue weighted by molar-refractivity contribution is 0.0933. The van der Waals surface area contributed by atoms with E-state index in [1.54, 1.807) is 18.2 Å². The third-order valence-electron chi connectivity index (χ3n) is 2.82. The van der Waals surface area contributed by atoms with Crippen molar-refractivity contribution in [3.63, 3.8) is 0 Å². The number of hydrogen-bond acceptors (Lipinski definition) is 3. The van der Waals surface area contributed by atoms with Crippen LogP contribution in [-0.2, 0) is 0 Å². The Bertz CT molecular complexity index is 576. The standard InChI is InChI=1S/C15H12O3/c16-14-8-9-17-15-10-12(6-7-13(14)15)18-11-4-2-1-3-5-11/h1-7,10H,8-9H2. The monoisotopic (exact) mass is 240 g/mol. The Kier molecular flexibility index (Phi) is 2.73. The van der Waals surface area contributed by atoms with Crippen LogP contribution in [0.4, 0.5) is 0 Å². The fourth-order valence-electron chi connectivity index (χ4n) is 1.93. The zero-order valence-corrected chi connectivity index (χ0v) is 9.76. The molecule has 0 bridgehead atoms. The van der Waals surface area contributed by atoms with Crippen LogP contribution in [0.15, 0.2) is 48.5 Å². The zero-order valence-electron chi connectivity index (χ0n) is 9.76. The van der Waals surface area contributed by atoms with Gasteiger partial charge in [0.05, 0.1) is 12.2 Å². The summed E-state index contributed by atoms with van der Waals surface area (Å²) in [6.45, 7) is 0.445. The largest absolute Gasteiger partial charge is 0.492 e. The second-order valence-electron chi connectivity index (χ2n) is 4.09. The number of benzene rings is 2. The van der Waals surface area contributed by atoms with Crippen molar-refractivity contribution in [1.29, 1.82) is 0 Å². The van der Waals surface area contributed by atoms with Gasteiger partial charge in [0, 0.05) is 12.5 Å². The van der Waals surface area contributed by atoms with Gasteiger partial charge in [0.25, 0.3) is 0 Å². The van der Waals surface area contributed by atoms with Gasteiger partial charge < -0.3 is 9.47 Å². The van der Waals surface area contributed by atoms with Crippen LogP contribution in [0.5, 0.6) is 17.2 Å². The third kappa shape index (κ3) is 2.07. The second-order valence-corrected chi connectivity index (χ2v) is 4.09. The molecule has 0 aromatic heterocycles. The number of Topliss-reactive ketones (excluding diaryl/α,β-unsaturated/α-hetero) is 1. The summed E-state index contributed by atoms with van der Waals surface area (Å²) >= 11 is 0. The smallest absolute Gasteiger partial charge is 0.169 e. The Balaban J connectivity index is 1.89. The van der Waals surface area contributed by atoms with Crippen molar-refractivity contribution < 1.29 is 14.3 Å². The maximum atomic E-state index is 11.6. The molecule has 0 fully saturated rings. The highest BCUT2D eigenvalue weighted by Crippen LogP contribution is 2.31. The van der Waals surface area contributed by atoms with Crippen molar-refractivity contribution in [3.8, 4) is 17.2 Å². The summed E-state index contributed by atoms with van der Waals surface area (Å²) in [6.07, 6.45) is 0.450. The first kappa shape index (κ1) is 10.8. The molecular formula is C15H12O3. The van der Waals surface area contributed by atoms with Gasteiger partial charge in [-0.25, -0.2) is 0 Å². The molecule has 90 valence electrons. The van der Waals surface area contributed by atoms with Crippen molar-refractivity contribution in [3.05, 3.63) is 54.1 Å². The van der Waals surface area contributed by atoms with E-state index in [0.29, 0.717) is 30.1 Å². The molecule has 0 unspecified atom stereocenters. The Morgan fingerprint density at radius 3 is 2.67 bits per heavy atom. The van der Waals surface area contributed by atoms with Crippen LogP contribution in [0.2, 0.25) is 0 Å². The van der Waals surface area contributed by atoms with Gasteiger partial charge in [0.15, 0.2) is 5.78 Å². The molecule has 1 aliphatic heterocycles. The van der Waals surface area contributed by atoms with E-state index >= 15 is 0 Å². The van der Waals surface area contributed by atoms with Crippen LogP contribution in [-0.4, -0.2) is 12.4 Å². The van der Waals surface area contributed by atoms with Crippen molar-refractivity contribution >= 4 is 5.78 Å². The maximum absolute atomic E-state index is 11.6. The number of ether oxygens (including phenoxy) is 2. The molecule has 0 amide bonds. The predicted molar refractivity (Wildman–Crippen MR) is 67.4 cm³/mol. The summed E-state index contributed by atoms with van der Waals surface area (Å²) < 4.78 is 11.2. The summed E-state index contributed by atoms with van der Waals surface area (Å²) in [4.78, 5) is 11.6. The average molecular weight is 240 g/mol. The van der Waals surface area contributed by atoms with Gasteiger partial charge in [-0.3, -0.25) is 4.79 Å². The van der Waals surface area contributed by atoms with Gasteiger partial charge in [-0.05, 0) is 24.3 Å². The van der Waals surface area contributed by atoms with E-state index in [1.165, 1.54) is 0 Å². The van der Waals surface area contributed by atoms with Gasteiger partial charge >= 0.3 is 0 Å². The average Bonchev–Trinajstić information content (AvgIpc) is 2.40. The van der Waals surface area contributed by atoms with E-state index in [9.17, 15) is 4.79 Å². The summed E-state index contributed by atoms with van der Waals surface area (Å²) in [7, 11) is 0. The van der Waals surface area contributed by atoms with E-state index in [0.717, 1.165) is 5.75 Å². The van der Waals surface area contributed by atoms with Crippen molar-refractivity contribution in [2.75, 3.05) is 6.61 Å². The van der Waals surface area contributed by atoms with Crippen LogP contribution >= 0.6 is 0 Å². The molecule has 0 radical (unpaired) electrons. The molecule has 3 rings (SSSR count). The fraction of sp³-hybridized carbons (Fsp3) is 0.133. The van der Waals surface area contributed by atoms with Gasteiger partial charge in [-0.1, -0.05) is 18.2 Å². The summed E-state index contributed by atoms with van der Waals surface area (Å²) in [6, 6.07) is 14.8. The number of carbonyl (C=O) groups is 1. The highest BCUT2D eigenvalue weighted by Gasteiger charge is 2.18. The number of fused-ring (bicyclic) bond motifs is 1. The topological polar surface area (TPSA) is 35.5 Å². The first-order valence-electron chi connectivity index (χ1n) is 5.86. The minimum absolute atomic E-state index is 0.127. The van der Waals surface area contributed by atoms with E-state index in [-0.39, 0.29) is 5.78 Å². The highest BCUT2D eigenvalue weighted by molar-refractivity contribution is 5.99. The molecule has 2 aromatic rings. The summed E-state index contributed by atoms with van der Waals surface area (Å²) in [5.74, 6) is 2.18. The van der Waals surface area contributed by atoms with Gasteiger partial charge in [0.1, 0.15) is 17.2 Å². The Morgan fingerprint density at radius 1 is 1.00 bits per heavy atom. The van der Waals surface area contributed by atoms with E-state index in [4.69, 9.17) is 9.47 Å². The molecule has 18 heavy (non-hydrogen) atoms. The minimum Gasteiger partial charge on any atom is -0.492 e. The molecule has 3 nitrogen and oxygen atoms in total. The first-order chi connectivity index (χ1) is 8.83. The van der Waals surface area contributed by atoms with Gasteiger partial charge in [-0.2, -0.15) is 0 Å². The molecule has 0 saturated heterocycles. The SMILES string of the molecule is O=C1CCOc2cc(Oc3ccccc3)ccc21. The van der Waals surface area contributed by atoms with Crippen LogP contribution in [0.25, 0.3) is 0 Å². The Hall–Kier alpha value is -2.29. The van der Waals surface area contributed by atoms with Crippen LogP contribution in [0.3, 0.4) is 0 Å². The summed E-state index contributed by atoms with van der Waals surface area (Å²) in [5.41, 5.74) is 0.640. The Labute approximate surface area is 105 Å². The van der Waals surface area contributed by atoms with Crippen molar-refractivity contribution in [1.82, 2.24) is 0 Å². The number of hydrogen-bond donors (Lipinski definition) is 0. The second kappa shape index (κ2) is 4.53. The number of para-hydroxylation sites is 1.